The van der Waals surface area contributed by atoms with Gasteiger partial charge in [-0.25, -0.2) is 105 Å². The number of nitrogens with one attached hydrogen (secondary N) is 6. The molecule has 1 aliphatic heterocycles. The van der Waals surface area contributed by atoms with Gasteiger partial charge in [-0.2, -0.15) is 0 Å². The monoisotopic (exact) mass is 1910 g/mol. The Morgan fingerprint density at radius 2 is 0.803 bits per heavy atom. The number of primary sulfonamides is 3. The van der Waals surface area contributed by atoms with Gasteiger partial charge in [-0.15, -0.1) is 45.3 Å². The molecule has 666 valence electrons. The minimum absolute atomic E-state index is 0.0115. The van der Waals surface area contributed by atoms with Gasteiger partial charge in [0.15, 0.2) is 5.13 Å². The minimum atomic E-state index is -3.82. The molecule has 21 rings (SSSR count). The highest BCUT2D eigenvalue weighted by atomic mass is 32.2. The van der Waals surface area contributed by atoms with Crippen molar-refractivity contribution in [2.75, 3.05) is 68.8 Å². The summed E-state index contributed by atoms with van der Waals surface area (Å²) in [6.07, 6.45) is 8.80. The highest BCUT2D eigenvalue weighted by molar-refractivity contribution is 7.89. The molecule has 0 aliphatic carbocycles. The van der Waals surface area contributed by atoms with Crippen LogP contribution in [0.4, 0.5) is 74.7 Å². The van der Waals surface area contributed by atoms with E-state index < -0.39 is 35.5 Å². The molecule has 11 heterocycles. The molecular weight excluding hydrogens is 1830 g/mol. The number of hydrogen-bond donors (Lipinski definition) is 10. The number of carbonyl (C=O) groups is 2. The van der Waals surface area contributed by atoms with E-state index in [1.807, 2.05) is 110 Å². The molecule has 34 nitrogen and oxygen atoms in total. The summed E-state index contributed by atoms with van der Waals surface area (Å²) in [4.78, 5) is 84.1. The predicted molar refractivity (Wildman–Crippen MR) is 526 cm³/mol. The van der Waals surface area contributed by atoms with Crippen LogP contribution in [0.2, 0.25) is 0 Å². The van der Waals surface area contributed by atoms with E-state index in [1.165, 1.54) is 64.1 Å². The van der Waals surface area contributed by atoms with Gasteiger partial charge in [0.25, 0.3) is 0 Å². The molecule has 0 radical (unpaired) electrons. The van der Waals surface area contributed by atoms with E-state index in [1.54, 1.807) is 121 Å². The molecule has 132 heavy (non-hydrogen) atoms. The number of fused-ring (bicyclic) bond motifs is 15. The zero-order valence-electron chi connectivity index (χ0n) is 70.5. The summed E-state index contributed by atoms with van der Waals surface area (Å²) < 4.78 is 85.4. The van der Waals surface area contributed by atoms with Crippen molar-refractivity contribution >= 4 is 279 Å². The van der Waals surface area contributed by atoms with Crippen LogP contribution in [0.25, 0.3) is 105 Å². The van der Waals surface area contributed by atoms with Crippen LogP contribution in [0.1, 0.15) is 37.7 Å². The summed E-state index contributed by atoms with van der Waals surface area (Å²) in [5.41, 5.74) is 16.6. The Balaban J connectivity index is 0.000000116. The lowest BCUT2D eigenvalue weighted by Gasteiger charge is -2.25. The number of aromatic nitrogens is 13. The zero-order valence-corrected chi connectivity index (χ0v) is 77.0. The SMILES string of the molecule is CC(=O)Nc1cccc(Nc2ncc3ccc4sccc4c3n2)c1.CC(C)(C)C(=O)OCc1nc2ccc3cnc(Nc4cccc(S(N)(=O)=O)c4)nc3c2s1.Cc1nc2ccc3cnc(Nc4cccc(S(N)(=O)=O)c4)nc3c2s1.NS(=O)(=O)c1cccc(Nc2ncc3ccc4nc(N5CCOCC5)sc4c3n2)c1.Nc1cccc(Nc2ncc3ccc4sccc4c3n2)c1. The fourth-order valence-corrected chi connectivity index (χ4v) is 19.9. The number of ether oxygens (including phenoxy) is 2. The van der Waals surface area contributed by atoms with Crippen molar-refractivity contribution in [1.29, 1.82) is 0 Å². The molecule has 1 fully saturated rings. The maximum absolute atomic E-state index is 12.0. The third kappa shape index (κ3) is 21.4. The standard InChI is InChI=1S/C21H21N5O4S2.C19H18N6O3S2.C18H14N4OS.C16H13N5O2S2.C16H12N4S/c1-21(2,3)19(27)30-11-16-25-15-8-7-12-10-23-20(26-17(12)18(15)31-16)24-13-5-4-6-14(9-13)32(22,28)29;20-30(26,27)14-3-1-2-13(10-14)22-18-21-11-12-4-5-15-17(16(12)24-18)29-19(23-15)25-6-8-28-9-7-25;1-11(23)20-13-3-2-4-14(9-13)21-18-19-10-12-5-6-16-15(7-8-24-16)17(12)22-18;1-9-19-13-6-5-10-8-18-16(21-14(10)15(13)24-9)20-11-3-2-4-12(7-11)25(17,22)23;17-11-2-1-3-12(8-11)19-16-18-9-10-4-5-14-13(6-7-21-14)15(10)20-16/h4-10H,11H2,1-3H3,(H2,22,28,29)(H,23,24,26);1-5,10-11H,6-9H2,(H2,20,26,27)(H,21,22,24);2-10H,1H3,(H,20,23)(H,19,21,22);2-8H,1H3,(H2,17,22,23)(H,18,20,21);1-9H,17H2,(H,18,19,20). The number of aryl methyl sites for hydroxylation is 1. The molecule has 1 saturated heterocycles. The molecular formula is C90H78N24O10S8. The van der Waals surface area contributed by atoms with Crippen molar-refractivity contribution in [2.45, 2.75) is 55.9 Å². The number of nitrogens with zero attached hydrogens (tertiary/aromatic N) is 14. The van der Waals surface area contributed by atoms with Gasteiger partial charge < -0.3 is 52.0 Å². The number of nitrogens with two attached hydrogens (primary N) is 4. The van der Waals surface area contributed by atoms with Crippen LogP contribution in [-0.2, 0) is 55.7 Å². The van der Waals surface area contributed by atoms with E-state index in [0.29, 0.717) is 76.2 Å². The molecule has 1 aliphatic rings. The lowest BCUT2D eigenvalue weighted by molar-refractivity contribution is -0.154. The van der Waals surface area contributed by atoms with Gasteiger partial charge in [0.2, 0.25) is 65.7 Å². The second-order valence-electron chi connectivity index (χ2n) is 30.7. The fraction of sp³-hybridized carbons (Fsp3) is 0.122. The Bertz CT molecular complexity index is 8220. The largest absolute Gasteiger partial charge is 0.458 e. The summed E-state index contributed by atoms with van der Waals surface area (Å²) in [6, 6.07) is 57.6. The number of benzene rings is 10. The van der Waals surface area contributed by atoms with Crippen LogP contribution in [0.5, 0.6) is 0 Å². The number of sulfonamides is 3. The molecule has 1 amide bonds. The second kappa shape index (κ2) is 38.0. The Morgan fingerprint density at radius 1 is 0.432 bits per heavy atom. The first-order valence-corrected chi connectivity index (χ1v) is 49.1. The Labute approximate surface area is 773 Å². The number of morpholine rings is 1. The van der Waals surface area contributed by atoms with E-state index >= 15 is 0 Å². The number of thiazole rings is 3. The van der Waals surface area contributed by atoms with Crippen LogP contribution in [-0.4, -0.2) is 128 Å². The predicted octanol–water partition coefficient (Wildman–Crippen LogP) is 17.8. The van der Waals surface area contributed by atoms with Crippen LogP contribution in [0.3, 0.4) is 0 Å². The highest BCUT2D eigenvalue weighted by Crippen LogP contribution is 2.38. The highest BCUT2D eigenvalue weighted by Gasteiger charge is 2.25. The van der Waals surface area contributed by atoms with Crippen LogP contribution >= 0.6 is 56.7 Å². The third-order valence-electron chi connectivity index (χ3n) is 19.9. The Morgan fingerprint density at radius 3 is 1.23 bits per heavy atom. The van der Waals surface area contributed by atoms with Gasteiger partial charge in [-0.05, 0) is 202 Å². The normalized spacial score (nSPS) is 12.4. The molecule has 0 saturated carbocycles. The summed E-state index contributed by atoms with van der Waals surface area (Å²) in [7, 11) is -11.4. The van der Waals surface area contributed by atoms with Gasteiger partial charge in [0.05, 0.1) is 96.6 Å². The number of hydrogen-bond acceptors (Lipinski definition) is 35. The van der Waals surface area contributed by atoms with Gasteiger partial charge in [0, 0.05) is 138 Å². The topological polar surface area (TPSA) is 502 Å². The molecule has 0 unspecified atom stereocenters. The first-order valence-electron chi connectivity index (χ1n) is 40.2. The number of amides is 1. The molecule has 10 aromatic carbocycles. The maximum atomic E-state index is 12.0. The van der Waals surface area contributed by atoms with E-state index in [-0.39, 0.29) is 33.2 Å². The first kappa shape index (κ1) is 89.7. The van der Waals surface area contributed by atoms with Crippen LogP contribution < -0.4 is 58.0 Å². The average Bonchev–Trinajstić information content (AvgIpc) is 1.62. The van der Waals surface area contributed by atoms with E-state index in [0.717, 1.165) is 131 Å². The van der Waals surface area contributed by atoms with Crippen molar-refractivity contribution < 1.29 is 44.3 Å². The van der Waals surface area contributed by atoms with E-state index in [2.05, 4.69) is 138 Å². The molecule has 20 aromatic rings. The lowest BCUT2D eigenvalue weighted by atomic mass is 9.97. The quantitative estimate of drug-likeness (QED) is 0.0299. The van der Waals surface area contributed by atoms with Crippen molar-refractivity contribution in [3.63, 3.8) is 0 Å². The lowest BCUT2D eigenvalue weighted by Crippen LogP contribution is -2.36. The van der Waals surface area contributed by atoms with E-state index in [4.69, 9.17) is 35.6 Å². The molecule has 42 heteroatoms. The number of carbonyl (C=O) groups excluding carboxylic acids is 2. The molecule has 0 atom stereocenters. The number of anilines is 13. The third-order valence-corrected chi connectivity index (χ3v) is 27.6. The van der Waals surface area contributed by atoms with E-state index in [9.17, 15) is 34.8 Å². The fourth-order valence-electron chi connectivity index (χ4n) is 13.6. The van der Waals surface area contributed by atoms with Gasteiger partial charge in [-0.3, -0.25) is 9.59 Å². The first-order chi connectivity index (χ1) is 63.4. The zero-order chi connectivity index (χ0) is 92.2. The summed E-state index contributed by atoms with van der Waals surface area (Å²) in [5.74, 6) is 1.74. The van der Waals surface area contributed by atoms with Gasteiger partial charge >= 0.3 is 5.97 Å². The average molecular weight is 1910 g/mol. The minimum Gasteiger partial charge on any atom is -0.458 e. The van der Waals surface area contributed by atoms with Gasteiger partial charge in [0.1, 0.15) is 11.6 Å². The summed E-state index contributed by atoms with van der Waals surface area (Å²) >= 11 is 7.99. The number of esters is 1. The maximum Gasteiger partial charge on any atom is 0.311 e. The molecule has 10 aromatic heterocycles. The molecule has 0 bridgehead atoms. The van der Waals surface area contributed by atoms with Crippen molar-refractivity contribution in [2.24, 2.45) is 20.8 Å². The number of thiophene rings is 2. The number of nitrogen functional groups attached to an aromatic ring is 1. The van der Waals surface area contributed by atoms with Gasteiger partial charge in [-0.1, -0.05) is 41.7 Å². The van der Waals surface area contributed by atoms with Crippen LogP contribution in [0, 0.1) is 12.3 Å². The summed E-state index contributed by atoms with van der Waals surface area (Å²) in [6.45, 7) is 12.0. The number of rotatable bonds is 17. The Hall–Kier alpha value is -14.3. The smallest absolute Gasteiger partial charge is 0.311 e. The van der Waals surface area contributed by atoms with Crippen LogP contribution in [0.15, 0.2) is 251 Å². The van der Waals surface area contributed by atoms with Crippen molar-refractivity contribution in [3.05, 3.63) is 246 Å². The van der Waals surface area contributed by atoms with Crippen molar-refractivity contribution in [3.8, 4) is 0 Å². The Kier molecular flexibility index (Phi) is 25.8. The van der Waals surface area contributed by atoms with Crippen molar-refractivity contribution in [1.82, 2.24) is 64.8 Å². The molecule has 14 N–H and O–H groups in total. The molecule has 0 spiro atoms. The second-order valence-corrected chi connectivity index (χ2v) is 40.5. The summed E-state index contributed by atoms with van der Waals surface area (Å²) in [5, 5.41) is 47.6.